The highest BCUT2D eigenvalue weighted by Gasteiger charge is 2.36. The zero-order valence-electron chi connectivity index (χ0n) is 19.3. The SMILES string of the molecule is CC(c1ccccc1)N1CC(c2nc3ccccc3n2Cc2ccc3ccccc3c2)CC1=O. The molecule has 1 fully saturated rings. The van der Waals surface area contributed by atoms with E-state index in [1.165, 1.54) is 21.9 Å². The average molecular weight is 446 g/mol. The molecule has 1 saturated heterocycles. The summed E-state index contributed by atoms with van der Waals surface area (Å²) in [6.07, 6.45) is 0.498. The lowest BCUT2D eigenvalue weighted by Crippen LogP contribution is -2.28. The van der Waals surface area contributed by atoms with Crippen molar-refractivity contribution in [2.45, 2.75) is 31.8 Å². The van der Waals surface area contributed by atoms with Crippen LogP contribution in [0.1, 0.15) is 42.3 Å². The summed E-state index contributed by atoms with van der Waals surface area (Å²) in [5, 5.41) is 2.48. The summed E-state index contributed by atoms with van der Waals surface area (Å²) in [5.41, 5.74) is 4.51. The Bertz CT molecular complexity index is 1490. The highest BCUT2D eigenvalue weighted by Crippen LogP contribution is 2.35. The average Bonchev–Trinajstić information content (AvgIpc) is 3.44. The van der Waals surface area contributed by atoms with Crippen LogP contribution in [0.5, 0.6) is 0 Å². The lowest BCUT2D eigenvalue weighted by atomic mass is 10.1. The summed E-state index contributed by atoms with van der Waals surface area (Å²) in [7, 11) is 0. The fourth-order valence-electron chi connectivity index (χ4n) is 5.28. The van der Waals surface area contributed by atoms with Gasteiger partial charge in [-0.25, -0.2) is 4.98 Å². The van der Waals surface area contributed by atoms with E-state index in [1.807, 2.05) is 29.2 Å². The molecule has 0 saturated carbocycles. The van der Waals surface area contributed by atoms with E-state index in [9.17, 15) is 4.79 Å². The summed E-state index contributed by atoms with van der Waals surface area (Å²) < 4.78 is 2.31. The Morgan fingerprint density at radius 3 is 2.47 bits per heavy atom. The fourth-order valence-corrected chi connectivity index (χ4v) is 5.28. The molecule has 0 N–H and O–H groups in total. The van der Waals surface area contributed by atoms with E-state index in [2.05, 4.69) is 84.3 Å². The van der Waals surface area contributed by atoms with Gasteiger partial charge in [-0.05, 0) is 47.0 Å². The molecule has 4 heteroatoms. The van der Waals surface area contributed by atoms with Crippen molar-refractivity contribution in [3.05, 3.63) is 114 Å². The number of likely N-dealkylation sites (tertiary alicyclic amines) is 1. The number of hydrogen-bond donors (Lipinski definition) is 0. The number of rotatable bonds is 5. The molecule has 34 heavy (non-hydrogen) atoms. The number of imidazole rings is 1. The van der Waals surface area contributed by atoms with E-state index < -0.39 is 0 Å². The molecule has 1 amide bonds. The standard InChI is InChI=1S/C30H27N3O/c1-21(23-9-3-2-4-10-23)32-20-26(18-29(32)34)30-31-27-13-7-8-14-28(27)33(30)19-22-15-16-24-11-5-6-12-25(24)17-22/h2-17,21,26H,18-20H2,1H3. The third-order valence-electron chi connectivity index (χ3n) is 7.11. The van der Waals surface area contributed by atoms with Crippen LogP contribution in [0, 0.1) is 0 Å². The van der Waals surface area contributed by atoms with Crippen LogP contribution in [0.25, 0.3) is 21.8 Å². The molecule has 1 aliphatic heterocycles. The van der Waals surface area contributed by atoms with Crippen LogP contribution in [-0.4, -0.2) is 26.9 Å². The number of amides is 1. The second kappa shape index (κ2) is 8.45. The Balaban J connectivity index is 1.36. The molecule has 4 aromatic carbocycles. The van der Waals surface area contributed by atoms with E-state index in [-0.39, 0.29) is 17.9 Å². The third kappa shape index (κ3) is 3.65. The summed E-state index contributed by atoms with van der Waals surface area (Å²) in [6, 6.07) is 33.7. The fraction of sp³-hybridized carbons (Fsp3) is 0.200. The summed E-state index contributed by atoms with van der Waals surface area (Å²) in [4.78, 5) is 20.1. The van der Waals surface area contributed by atoms with Crippen LogP contribution in [0.4, 0.5) is 0 Å². The molecule has 0 bridgehead atoms. The number of carbonyl (C=O) groups excluding carboxylic acids is 1. The molecular weight excluding hydrogens is 418 g/mol. The predicted molar refractivity (Wildman–Crippen MR) is 137 cm³/mol. The normalized spacial score (nSPS) is 17.0. The van der Waals surface area contributed by atoms with E-state index >= 15 is 0 Å². The molecule has 0 aliphatic carbocycles. The van der Waals surface area contributed by atoms with Gasteiger partial charge in [0, 0.05) is 25.4 Å². The van der Waals surface area contributed by atoms with Crippen LogP contribution >= 0.6 is 0 Å². The van der Waals surface area contributed by atoms with Crippen molar-refractivity contribution in [1.29, 1.82) is 0 Å². The molecule has 0 radical (unpaired) electrons. The van der Waals surface area contributed by atoms with E-state index in [4.69, 9.17) is 4.98 Å². The largest absolute Gasteiger partial charge is 0.335 e. The number of fused-ring (bicyclic) bond motifs is 2. The minimum Gasteiger partial charge on any atom is -0.335 e. The van der Waals surface area contributed by atoms with Gasteiger partial charge < -0.3 is 9.47 Å². The minimum absolute atomic E-state index is 0.0528. The van der Waals surface area contributed by atoms with Crippen molar-refractivity contribution in [3.8, 4) is 0 Å². The molecule has 4 nitrogen and oxygen atoms in total. The zero-order chi connectivity index (χ0) is 23.1. The van der Waals surface area contributed by atoms with E-state index in [1.54, 1.807) is 0 Å². The smallest absolute Gasteiger partial charge is 0.223 e. The predicted octanol–water partition coefficient (Wildman–Crippen LogP) is 6.31. The summed E-state index contributed by atoms with van der Waals surface area (Å²) in [5.74, 6) is 1.28. The molecule has 1 aliphatic rings. The monoisotopic (exact) mass is 445 g/mol. The van der Waals surface area contributed by atoms with Crippen molar-refractivity contribution in [2.24, 2.45) is 0 Å². The molecule has 5 aromatic rings. The molecule has 1 aromatic heterocycles. The van der Waals surface area contributed by atoms with Crippen molar-refractivity contribution in [3.63, 3.8) is 0 Å². The van der Waals surface area contributed by atoms with Gasteiger partial charge in [0.15, 0.2) is 0 Å². The van der Waals surface area contributed by atoms with Gasteiger partial charge in [-0.2, -0.15) is 0 Å². The number of aromatic nitrogens is 2. The number of hydrogen-bond acceptors (Lipinski definition) is 2. The Morgan fingerprint density at radius 1 is 0.882 bits per heavy atom. The second-order valence-corrected chi connectivity index (χ2v) is 9.26. The molecule has 2 unspecified atom stereocenters. The molecule has 6 rings (SSSR count). The lowest BCUT2D eigenvalue weighted by molar-refractivity contribution is -0.129. The summed E-state index contributed by atoms with van der Waals surface area (Å²) in [6.45, 7) is 3.54. The van der Waals surface area contributed by atoms with Gasteiger partial charge in [0.25, 0.3) is 0 Å². The molecular formula is C30H27N3O. The van der Waals surface area contributed by atoms with Crippen molar-refractivity contribution in [1.82, 2.24) is 14.5 Å². The molecule has 2 heterocycles. The van der Waals surface area contributed by atoms with Gasteiger partial charge in [-0.15, -0.1) is 0 Å². The van der Waals surface area contributed by atoms with E-state index in [0.29, 0.717) is 13.0 Å². The Kier molecular flexibility index (Phi) is 5.14. The van der Waals surface area contributed by atoms with Crippen LogP contribution in [-0.2, 0) is 11.3 Å². The van der Waals surface area contributed by atoms with Crippen LogP contribution in [0.2, 0.25) is 0 Å². The Morgan fingerprint density at radius 2 is 1.62 bits per heavy atom. The molecule has 2 atom stereocenters. The van der Waals surface area contributed by atoms with Crippen LogP contribution < -0.4 is 0 Å². The first-order chi connectivity index (χ1) is 16.7. The van der Waals surface area contributed by atoms with E-state index in [0.717, 1.165) is 23.4 Å². The second-order valence-electron chi connectivity index (χ2n) is 9.26. The van der Waals surface area contributed by atoms with Gasteiger partial charge in [0.05, 0.1) is 17.1 Å². The maximum absolute atomic E-state index is 13.1. The van der Waals surface area contributed by atoms with Gasteiger partial charge >= 0.3 is 0 Å². The van der Waals surface area contributed by atoms with Crippen molar-refractivity contribution >= 4 is 27.7 Å². The van der Waals surface area contributed by atoms with Gasteiger partial charge in [0.2, 0.25) is 5.91 Å². The first-order valence-electron chi connectivity index (χ1n) is 11.9. The van der Waals surface area contributed by atoms with Crippen molar-refractivity contribution in [2.75, 3.05) is 6.54 Å². The minimum atomic E-state index is 0.0528. The summed E-state index contributed by atoms with van der Waals surface area (Å²) >= 11 is 0. The first-order valence-corrected chi connectivity index (χ1v) is 11.9. The van der Waals surface area contributed by atoms with Crippen molar-refractivity contribution < 1.29 is 4.79 Å². The highest BCUT2D eigenvalue weighted by molar-refractivity contribution is 5.83. The highest BCUT2D eigenvalue weighted by atomic mass is 16.2. The van der Waals surface area contributed by atoms with Crippen LogP contribution in [0.15, 0.2) is 97.1 Å². The Hall–Kier alpha value is -3.92. The maximum Gasteiger partial charge on any atom is 0.223 e. The number of carbonyl (C=O) groups is 1. The lowest BCUT2D eigenvalue weighted by Gasteiger charge is -2.25. The van der Waals surface area contributed by atoms with Gasteiger partial charge in [-0.3, -0.25) is 4.79 Å². The van der Waals surface area contributed by atoms with Gasteiger partial charge in [-0.1, -0.05) is 78.9 Å². The molecule has 168 valence electrons. The maximum atomic E-state index is 13.1. The number of benzene rings is 4. The van der Waals surface area contributed by atoms with Crippen LogP contribution in [0.3, 0.4) is 0 Å². The zero-order valence-corrected chi connectivity index (χ0v) is 19.3. The molecule has 0 spiro atoms. The number of para-hydroxylation sites is 2. The van der Waals surface area contributed by atoms with Gasteiger partial charge in [0.1, 0.15) is 5.82 Å². The topological polar surface area (TPSA) is 38.1 Å². The number of nitrogens with zero attached hydrogens (tertiary/aromatic N) is 3. The quantitative estimate of drug-likeness (QED) is 0.318. The third-order valence-corrected chi connectivity index (χ3v) is 7.11. The Labute approximate surface area is 199 Å². The first kappa shape index (κ1) is 20.7.